The SMILES string of the molecule is Cc1c(NC(=O)N[C@@H]2CCOc3c(F)ccc(F)c32)nnn1CCOc1ccc(F)cc1. The molecule has 0 unspecified atom stereocenters. The molecule has 1 aliphatic rings. The van der Waals surface area contributed by atoms with Gasteiger partial charge in [-0.05, 0) is 43.3 Å². The number of halogens is 3. The number of hydrogen-bond acceptors (Lipinski definition) is 5. The number of rotatable bonds is 6. The molecule has 0 saturated heterocycles. The number of urea groups is 1. The topological polar surface area (TPSA) is 90.3 Å². The fraction of sp³-hybridized carbons (Fsp3) is 0.286. The van der Waals surface area contributed by atoms with Gasteiger partial charge in [0.1, 0.15) is 24.0 Å². The van der Waals surface area contributed by atoms with E-state index in [9.17, 15) is 18.0 Å². The first-order chi connectivity index (χ1) is 15.4. The zero-order valence-corrected chi connectivity index (χ0v) is 17.1. The molecular weight excluding hydrogens is 427 g/mol. The van der Waals surface area contributed by atoms with Gasteiger partial charge < -0.3 is 14.8 Å². The van der Waals surface area contributed by atoms with Crippen molar-refractivity contribution in [3.05, 3.63) is 65.1 Å². The van der Waals surface area contributed by atoms with Crippen LogP contribution in [0.3, 0.4) is 0 Å². The molecule has 0 radical (unpaired) electrons. The molecule has 0 aliphatic carbocycles. The van der Waals surface area contributed by atoms with Crippen LogP contribution in [0.25, 0.3) is 0 Å². The highest BCUT2D eigenvalue weighted by Crippen LogP contribution is 2.36. The highest BCUT2D eigenvalue weighted by Gasteiger charge is 2.29. The van der Waals surface area contributed by atoms with Gasteiger partial charge in [-0.25, -0.2) is 22.6 Å². The summed E-state index contributed by atoms with van der Waals surface area (Å²) in [5.74, 6) is -1.15. The number of anilines is 1. The minimum atomic E-state index is -0.756. The first-order valence-electron chi connectivity index (χ1n) is 9.89. The van der Waals surface area contributed by atoms with Crippen LogP contribution in [-0.4, -0.2) is 34.2 Å². The number of carbonyl (C=O) groups excluding carboxylic acids is 1. The molecule has 1 aromatic heterocycles. The first kappa shape index (κ1) is 21.5. The van der Waals surface area contributed by atoms with E-state index in [-0.39, 0.29) is 42.6 Å². The quantitative estimate of drug-likeness (QED) is 0.601. The molecule has 0 bridgehead atoms. The lowest BCUT2D eigenvalue weighted by atomic mass is 9.99. The number of hydrogen-bond donors (Lipinski definition) is 2. The Labute approximate surface area is 181 Å². The zero-order valence-electron chi connectivity index (χ0n) is 17.1. The molecule has 1 atom stereocenters. The summed E-state index contributed by atoms with van der Waals surface area (Å²) in [5, 5.41) is 13.1. The molecule has 8 nitrogen and oxygen atoms in total. The van der Waals surface area contributed by atoms with Crippen LogP contribution >= 0.6 is 0 Å². The highest BCUT2D eigenvalue weighted by molar-refractivity contribution is 5.89. The Kier molecular flexibility index (Phi) is 6.15. The molecule has 32 heavy (non-hydrogen) atoms. The maximum Gasteiger partial charge on any atom is 0.320 e. The average molecular weight is 447 g/mol. The summed E-state index contributed by atoms with van der Waals surface area (Å²) in [6.45, 7) is 2.45. The van der Waals surface area contributed by atoms with Crippen LogP contribution in [0, 0.1) is 24.4 Å². The Morgan fingerprint density at radius 3 is 2.72 bits per heavy atom. The molecule has 0 saturated carbocycles. The van der Waals surface area contributed by atoms with Gasteiger partial charge in [0.2, 0.25) is 0 Å². The number of fused-ring (bicyclic) bond motifs is 1. The second-order valence-corrected chi connectivity index (χ2v) is 7.11. The van der Waals surface area contributed by atoms with Crippen LogP contribution in [0.1, 0.15) is 23.7 Å². The molecule has 4 rings (SSSR count). The monoisotopic (exact) mass is 447 g/mol. The van der Waals surface area contributed by atoms with Gasteiger partial charge in [-0.2, -0.15) is 0 Å². The van der Waals surface area contributed by atoms with Crippen molar-refractivity contribution in [2.45, 2.75) is 25.9 Å². The van der Waals surface area contributed by atoms with Gasteiger partial charge in [-0.1, -0.05) is 5.21 Å². The van der Waals surface area contributed by atoms with Crippen LogP contribution < -0.4 is 20.1 Å². The summed E-state index contributed by atoms with van der Waals surface area (Å²) in [4.78, 5) is 12.5. The van der Waals surface area contributed by atoms with Crippen molar-refractivity contribution in [1.82, 2.24) is 20.3 Å². The molecule has 11 heteroatoms. The van der Waals surface area contributed by atoms with Gasteiger partial charge in [0.15, 0.2) is 17.4 Å². The van der Waals surface area contributed by atoms with Crippen molar-refractivity contribution >= 4 is 11.8 Å². The summed E-state index contributed by atoms with van der Waals surface area (Å²) in [6.07, 6.45) is 0.285. The van der Waals surface area contributed by atoms with Gasteiger partial charge >= 0.3 is 6.03 Å². The number of aromatic nitrogens is 3. The average Bonchev–Trinajstić information content (AvgIpc) is 3.11. The Hall–Kier alpha value is -3.76. The third kappa shape index (κ3) is 4.61. The summed E-state index contributed by atoms with van der Waals surface area (Å²) < 4.78 is 53.4. The molecule has 0 spiro atoms. The maximum absolute atomic E-state index is 14.2. The Morgan fingerprint density at radius 2 is 1.94 bits per heavy atom. The van der Waals surface area contributed by atoms with E-state index in [4.69, 9.17) is 9.47 Å². The summed E-state index contributed by atoms with van der Waals surface area (Å²) in [5.41, 5.74) is 0.553. The molecule has 0 fully saturated rings. The van der Waals surface area contributed by atoms with Crippen molar-refractivity contribution in [2.24, 2.45) is 0 Å². The molecule has 2 amide bonds. The van der Waals surface area contributed by atoms with Crippen molar-refractivity contribution < 1.29 is 27.4 Å². The lowest BCUT2D eigenvalue weighted by molar-refractivity contribution is 0.224. The number of carbonyl (C=O) groups is 1. The highest BCUT2D eigenvalue weighted by atomic mass is 19.1. The van der Waals surface area contributed by atoms with Gasteiger partial charge in [0.25, 0.3) is 0 Å². The van der Waals surface area contributed by atoms with Crippen LogP contribution in [0.2, 0.25) is 0 Å². The van der Waals surface area contributed by atoms with Crippen molar-refractivity contribution in [3.63, 3.8) is 0 Å². The second kappa shape index (κ2) is 9.16. The summed E-state index contributed by atoms with van der Waals surface area (Å²) >= 11 is 0. The normalized spacial score (nSPS) is 14.9. The number of ether oxygens (including phenoxy) is 2. The molecule has 1 aliphatic heterocycles. The third-order valence-corrected chi connectivity index (χ3v) is 5.00. The van der Waals surface area contributed by atoms with E-state index in [0.717, 1.165) is 12.1 Å². The number of amides is 2. The van der Waals surface area contributed by atoms with E-state index in [1.54, 1.807) is 6.92 Å². The van der Waals surface area contributed by atoms with Gasteiger partial charge in [0.05, 0.1) is 30.5 Å². The largest absolute Gasteiger partial charge is 0.492 e. The van der Waals surface area contributed by atoms with Crippen LogP contribution in [0.5, 0.6) is 11.5 Å². The molecule has 168 valence electrons. The Morgan fingerprint density at radius 1 is 1.19 bits per heavy atom. The van der Waals surface area contributed by atoms with Gasteiger partial charge in [-0.3, -0.25) is 5.32 Å². The van der Waals surface area contributed by atoms with Crippen LogP contribution in [0.15, 0.2) is 36.4 Å². The van der Waals surface area contributed by atoms with Crippen LogP contribution in [0.4, 0.5) is 23.8 Å². The Bertz CT molecular complexity index is 1120. The third-order valence-electron chi connectivity index (χ3n) is 5.00. The van der Waals surface area contributed by atoms with Gasteiger partial charge in [0, 0.05) is 6.42 Å². The van der Waals surface area contributed by atoms with Crippen molar-refractivity contribution in [1.29, 1.82) is 0 Å². The minimum Gasteiger partial charge on any atom is -0.492 e. The first-order valence-corrected chi connectivity index (χ1v) is 9.89. The number of benzene rings is 2. The van der Waals surface area contributed by atoms with Crippen molar-refractivity contribution in [3.8, 4) is 11.5 Å². The summed E-state index contributed by atoms with van der Waals surface area (Å²) in [6, 6.07) is 6.23. The maximum atomic E-state index is 14.2. The van der Waals surface area contributed by atoms with Gasteiger partial charge in [-0.15, -0.1) is 5.10 Å². The standard InChI is InChI=1S/C21H20F3N5O3/c1-12-20(27-28-29(12)9-11-31-14-4-2-13(22)3-5-14)26-21(30)25-17-8-10-32-19-16(24)7-6-15(23)18(17)19/h2-7,17H,8-11H2,1H3,(H2,25,26,30)/t17-/m1/s1. The van der Waals surface area contributed by atoms with E-state index < -0.39 is 23.7 Å². The zero-order chi connectivity index (χ0) is 22.7. The second-order valence-electron chi connectivity index (χ2n) is 7.11. The summed E-state index contributed by atoms with van der Waals surface area (Å²) in [7, 11) is 0. The fourth-order valence-corrected chi connectivity index (χ4v) is 3.36. The molecular formula is C21H20F3N5O3. The minimum absolute atomic E-state index is 0.0234. The Balaban J connectivity index is 1.35. The lowest BCUT2D eigenvalue weighted by Crippen LogP contribution is -2.36. The van der Waals surface area contributed by atoms with E-state index in [1.165, 1.54) is 28.9 Å². The van der Waals surface area contributed by atoms with Crippen LogP contribution in [-0.2, 0) is 6.54 Å². The van der Waals surface area contributed by atoms with E-state index in [1.807, 2.05) is 0 Å². The molecule has 3 aromatic rings. The smallest absolute Gasteiger partial charge is 0.320 e. The molecule has 2 N–H and O–H groups in total. The molecule has 2 heterocycles. The van der Waals surface area contributed by atoms with Crippen molar-refractivity contribution in [2.75, 3.05) is 18.5 Å². The van der Waals surface area contributed by atoms with E-state index in [0.29, 0.717) is 18.0 Å². The fourth-order valence-electron chi connectivity index (χ4n) is 3.36. The molecule has 2 aromatic carbocycles. The predicted octanol–water partition coefficient (Wildman–Crippen LogP) is 3.73. The number of nitrogens with zero attached hydrogens (tertiary/aromatic N) is 3. The predicted molar refractivity (Wildman–Crippen MR) is 108 cm³/mol. The van der Waals surface area contributed by atoms with E-state index >= 15 is 0 Å². The lowest BCUT2D eigenvalue weighted by Gasteiger charge is -2.27. The van der Waals surface area contributed by atoms with E-state index in [2.05, 4.69) is 20.9 Å². The number of nitrogens with one attached hydrogen (secondary N) is 2.